The van der Waals surface area contributed by atoms with E-state index in [4.69, 9.17) is 0 Å². The Balaban J connectivity index is 1.50. The van der Waals surface area contributed by atoms with Gasteiger partial charge in [0, 0.05) is 36.7 Å². The highest BCUT2D eigenvalue weighted by Gasteiger charge is 2.17. The van der Waals surface area contributed by atoms with Crippen LogP contribution in [0.25, 0.3) is 10.9 Å². The van der Waals surface area contributed by atoms with E-state index in [1.165, 1.54) is 10.9 Å². The van der Waals surface area contributed by atoms with Crippen LogP contribution in [0.4, 0.5) is 0 Å². The second-order valence-corrected chi connectivity index (χ2v) is 8.43. The Morgan fingerprint density at radius 2 is 2.04 bits per heavy atom. The standard InChI is InChI=1S/C20H24N4O2S/c1-20(2,3)16-12-27-18(23-16)8-10-21-17(25)9-11-24-13-22-15-7-5-4-6-14(15)19(24)26/h4-7,12-13H,8-11H2,1-3H3,(H,21,25). The Morgan fingerprint density at radius 3 is 2.78 bits per heavy atom. The number of hydrogen-bond donors (Lipinski definition) is 1. The largest absolute Gasteiger partial charge is 0.356 e. The number of rotatable bonds is 6. The molecule has 0 saturated heterocycles. The number of nitrogens with one attached hydrogen (secondary N) is 1. The van der Waals surface area contributed by atoms with Gasteiger partial charge in [-0.2, -0.15) is 0 Å². The topological polar surface area (TPSA) is 76.9 Å². The van der Waals surface area contributed by atoms with Crippen LogP contribution in [0.2, 0.25) is 0 Å². The number of nitrogens with zero attached hydrogens (tertiary/aromatic N) is 3. The van der Waals surface area contributed by atoms with Crippen molar-refractivity contribution in [3.63, 3.8) is 0 Å². The zero-order valence-corrected chi connectivity index (χ0v) is 16.7. The molecular weight excluding hydrogens is 360 g/mol. The number of aryl methyl sites for hydroxylation is 1. The number of fused-ring (bicyclic) bond motifs is 1. The highest BCUT2D eigenvalue weighted by Crippen LogP contribution is 2.23. The first-order valence-electron chi connectivity index (χ1n) is 9.00. The van der Waals surface area contributed by atoms with Gasteiger partial charge in [0.15, 0.2) is 0 Å². The van der Waals surface area contributed by atoms with Gasteiger partial charge in [-0.25, -0.2) is 9.97 Å². The van der Waals surface area contributed by atoms with Crippen molar-refractivity contribution in [2.24, 2.45) is 0 Å². The molecule has 27 heavy (non-hydrogen) atoms. The van der Waals surface area contributed by atoms with Crippen molar-refractivity contribution in [1.29, 1.82) is 0 Å². The van der Waals surface area contributed by atoms with Crippen molar-refractivity contribution in [1.82, 2.24) is 19.9 Å². The molecule has 0 spiro atoms. The lowest BCUT2D eigenvalue weighted by Crippen LogP contribution is -2.29. The number of carbonyl (C=O) groups excluding carboxylic acids is 1. The van der Waals surface area contributed by atoms with Crippen molar-refractivity contribution >= 4 is 28.1 Å². The van der Waals surface area contributed by atoms with Gasteiger partial charge in [-0.3, -0.25) is 14.2 Å². The molecule has 6 nitrogen and oxygen atoms in total. The van der Waals surface area contributed by atoms with E-state index in [1.807, 2.05) is 12.1 Å². The molecule has 0 unspecified atom stereocenters. The molecule has 7 heteroatoms. The Morgan fingerprint density at radius 1 is 1.26 bits per heavy atom. The van der Waals surface area contributed by atoms with E-state index in [0.29, 0.717) is 30.4 Å². The lowest BCUT2D eigenvalue weighted by molar-refractivity contribution is -0.121. The molecule has 0 aliphatic heterocycles. The Hall–Kier alpha value is -2.54. The first-order valence-corrected chi connectivity index (χ1v) is 9.88. The minimum absolute atomic E-state index is 0.0408. The smallest absolute Gasteiger partial charge is 0.261 e. The molecule has 142 valence electrons. The monoisotopic (exact) mass is 384 g/mol. The third kappa shape index (κ3) is 4.80. The lowest BCUT2D eigenvalue weighted by Gasteiger charge is -2.14. The van der Waals surface area contributed by atoms with Gasteiger partial charge in [0.25, 0.3) is 5.56 Å². The zero-order chi connectivity index (χ0) is 19.4. The van der Waals surface area contributed by atoms with E-state index in [-0.39, 0.29) is 23.3 Å². The van der Waals surface area contributed by atoms with Crippen LogP contribution in [0, 0.1) is 0 Å². The molecule has 0 radical (unpaired) electrons. The van der Waals surface area contributed by atoms with Gasteiger partial charge in [-0.05, 0) is 12.1 Å². The number of hydrogen-bond acceptors (Lipinski definition) is 5. The molecular formula is C20H24N4O2S. The van der Waals surface area contributed by atoms with Crippen LogP contribution < -0.4 is 10.9 Å². The average molecular weight is 385 g/mol. The zero-order valence-electron chi connectivity index (χ0n) is 15.9. The molecule has 1 N–H and O–H groups in total. The summed E-state index contributed by atoms with van der Waals surface area (Å²) in [6.45, 7) is 7.26. The number of aromatic nitrogens is 3. The van der Waals surface area contributed by atoms with Crippen molar-refractivity contribution < 1.29 is 4.79 Å². The van der Waals surface area contributed by atoms with Crippen LogP contribution in [0.3, 0.4) is 0 Å². The molecule has 0 aliphatic carbocycles. The normalized spacial score (nSPS) is 11.7. The quantitative estimate of drug-likeness (QED) is 0.709. The van der Waals surface area contributed by atoms with Gasteiger partial charge in [-0.15, -0.1) is 11.3 Å². The number of para-hydroxylation sites is 1. The summed E-state index contributed by atoms with van der Waals surface area (Å²) >= 11 is 1.63. The molecule has 1 aromatic carbocycles. The maximum absolute atomic E-state index is 12.4. The highest BCUT2D eigenvalue weighted by atomic mass is 32.1. The summed E-state index contributed by atoms with van der Waals surface area (Å²) in [5, 5.41) is 6.57. The molecule has 2 aromatic heterocycles. The molecule has 2 heterocycles. The van der Waals surface area contributed by atoms with Crippen molar-refractivity contribution in [3.05, 3.63) is 57.0 Å². The van der Waals surface area contributed by atoms with E-state index in [1.54, 1.807) is 23.5 Å². The lowest BCUT2D eigenvalue weighted by atomic mass is 9.93. The Kier molecular flexibility index (Phi) is 5.70. The summed E-state index contributed by atoms with van der Waals surface area (Å²) in [6.07, 6.45) is 2.45. The number of amides is 1. The fraction of sp³-hybridized carbons (Fsp3) is 0.400. The number of thiazole rings is 1. The van der Waals surface area contributed by atoms with Crippen LogP contribution in [-0.2, 0) is 23.2 Å². The molecule has 0 atom stereocenters. The summed E-state index contributed by atoms with van der Waals surface area (Å²) in [4.78, 5) is 33.4. The van der Waals surface area contributed by atoms with Gasteiger partial charge in [0.1, 0.15) is 0 Å². The van der Waals surface area contributed by atoms with E-state index in [0.717, 1.165) is 10.7 Å². The molecule has 0 bridgehead atoms. The van der Waals surface area contributed by atoms with Crippen molar-refractivity contribution in [2.75, 3.05) is 6.54 Å². The summed E-state index contributed by atoms with van der Waals surface area (Å²) in [6, 6.07) is 7.21. The van der Waals surface area contributed by atoms with Gasteiger partial charge < -0.3 is 5.32 Å². The van der Waals surface area contributed by atoms with Gasteiger partial charge in [0.05, 0.1) is 27.9 Å². The van der Waals surface area contributed by atoms with Gasteiger partial charge in [0.2, 0.25) is 5.91 Å². The van der Waals surface area contributed by atoms with Crippen LogP contribution >= 0.6 is 11.3 Å². The predicted octanol–water partition coefficient (Wildman–Crippen LogP) is 2.90. The SMILES string of the molecule is CC(C)(C)c1csc(CCNC(=O)CCn2cnc3ccccc3c2=O)n1. The number of benzene rings is 1. The van der Waals surface area contributed by atoms with Crippen LogP contribution in [-0.4, -0.2) is 27.0 Å². The summed E-state index contributed by atoms with van der Waals surface area (Å²) in [5.74, 6) is -0.0809. The summed E-state index contributed by atoms with van der Waals surface area (Å²) < 4.78 is 1.48. The second kappa shape index (κ2) is 8.00. The average Bonchev–Trinajstić information content (AvgIpc) is 3.11. The molecule has 0 fully saturated rings. The third-order valence-electron chi connectivity index (χ3n) is 4.29. The minimum atomic E-state index is -0.120. The third-order valence-corrected chi connectivity index (χ3v) is 5.20. The second-order valence-electron chi connectivity index (χ2n) is 7.49. The fourth-order valence-electron chi connectivity index (χ4n) is 2.65. The highest BCUT2D eigenvalue weighted by molar-refractivity contribution is 7.09. The Labute approximate surface area is 162 Å². The maximum Gasteiger partial charge on any atom is 0.261 e. The van der Waals surface area contributed by atoms with E-state index >= 15 is 0 Å². The summed E-state index contributed by atoms with van der Waals surface area (Å²) in [7, 11) is 0. The first kappa shape index (κ1) is 19.2. The van der Waals surface area contributed by atoms with Gasteiger partial charge >= 0.3 is 0 Å². The van der Waals surface area contributed by atoms with Gasteiger partial charge in [-0.1, -0.05) is 32.9 Å². The van der Waals surface area contributed by atoms with Crippen LogP contribution in [0.1, 0.15) is 37.9 Å². The summed E-state index contributed by atoms with van der Waals surface area (Å²) in [5.41, 5.74) is 1.67. The molecule has 1 amide bonds. The predicted molar refractivity (Wildman–Crippen MR) is 108 cm³/mol. The molecule has 0 aliphatic rings. The number of carbonyl (C=O) groups is 1. The molecule has 0 saturated carbocycles. The minimum Gasteiger partial charge on any atom is -0.356 e. The maximum atomic E-state index is 12.4. The van der Waals surface area contributed by atoms with Crippen LogP contribution in [0.5, 0.6) is 0 Å². The van der Waals surface area contributed by atoms with Crippen LogP contribution in [0.15, 0.2) is 40.8 Å². The Bertz CT molecular complexity index is 1000. The molecule has 3 aromatic rings. The first-order chi connectivity index (χ1) is 12.8. The van der Waals surface area contributed by atoms with E-state index in [9.17, 15) is 9.59 Å². The fourth-order valence-corrected chi connectivity index (χ4v) is 3.68. The van der Waals surface area contributed by atoms with Crippen molar-refractivity contribution in [3.8, 4) is 0 Å². The molecule has 3 rings (SSSR count). The van der Waals surface area contributed by atoms with E-state index in [2.05, 4.69) is 41.4 Å². The van der Waals surface area contributed by atoms with E-state index < -0.39 is 0 Å². The van der Waals surface area contributed by atoms with Crippen molar-refractivity contribution in [2.45, 2.75) is 45.6 Å².